The van der Waals surface area contributed by atoms with Crippen LogP contribution in [0.5, 0.6) is 0 Å². The SMILES string of the molecule is CN(C)C(=O)CN1CCCN(c2cncc(C(=O)N(C)C)n2)CC1. The van der Waals surface area contributed by atoms with Gasteiger partial charge in [-0.05, 0) is 6.42 Å². The number of nitrogens with zero attached hydrogens (tertiary/aromatic N) is 6. The molecule has 1 aromatic rings. The zero-order valence-corrected chi connectivity index (χ0v) is 14.9. The van der Waals surface area contributed by atoms with Crippen LogP contribution in [-0.4, -0.2) is 97.4 Å². The minimum atomic E-state index is -0.155. The van der Waals surface area contributed by atoms with Gasteiger partial charge in [-0.3, -0.25) is 19.5 Å². The highest BCUT2D eigenvalue weighted by molar-refractivity contribution is 5.91. The molecular weight excluding hydrogens is 308 g/mol. The third-order valence-corrected chi connectivity index (χ3v) is 4.02. The minimum absolute atomic E-state index is 0.113. The van der Waals surface area contributed by atoms with Gasteiger partial charge in [0.05, 0.1) is 18.9 Å². The molecule has 0 aliphatic carbocycles. The largest absolute Gasteiger partial charge is 0.354 e. The molecule has 8 nitrogen and oxygen atoms in total. The highest BCUT2D eigenvalue weighted by Crippen LogP contribution is 2.14. The molecule has 1 saturated heterocycles. The second kappa shape index (κ2) is 8.05. The van der Waals surface area contributed by atoms with E-state index in [1.807, 2.05) is 0 Å². The summed E-state index contributed by atoms with van der Waals surface area (Å²) in [5, 5.41) is 0. The van der Waals surface area contributed by atoms with Crippen molar-refractivity contribution in [3.63, 3.8) is 0 Å². The summed E-state index contributed by atoms with van der Waals surface area (Å²) in [5.41, 5.74) is 0.349. The van der Waals surface area contributed by atoms with Gasteiger partial charge in [0.1, 0.15) is 11.5 Å². The summed E-state index contributed by atoms with van der Waals surface area (Å²) in [6.07, 6.45) is 4.12. The summed E-state index contributed by atoms with van der Waals surface area (Å²) in [6.45, 7) is 3.69. The van der Waals surface area contributed by atoms with E-state index in [-0.39, 0.29) is 11.8 Å². The first kappa shape index (κ1) is 18.1. The average molecular weight is 334 g/mol. The number of likely N-dealkylation sites (N-methyl/N-ethyl adjacent to an activating group) is 1. The Morgan fingerprint density at radius 2 is 1.79 bits per heavy atom. The maximum atomic E-state index is 12.0. The molecule has 132 valence electrons. The Kier molecular flexibility index (Phi) is 6.08. The number of amides is 2. The van der Waals surface area contributed by atoms with Gasteiger partial charge in [0.15, 0.2) is 0 Å². The maximum absolute atomic E-state index is 12.0. The lowest BCUT2D eigenvalue weighted by Crippen LogP contribution is -2.38. The second-order valence-electron chi connectivity index (χ2n) is 6.37. The molecule has 2 rings (SSSR count). The van der Waals surface area contributed by atoms with Crippen molar-refractivity contribution in [3.05, 3.63) is 18.1 Å². The average Bonchev–Trinajstić information content (AvgIpc) is 2.79. The number of aromatic nitrogens is 2. The topological polar surface area (TPSA) is 72.9 Å². The number of carbonyl (C=O) groups is 2. The van der Waals surface area contributed by atoms with Gasteiger partial charge in [-0.25, -0.2) is 4.98 Å². The van der Waals surface area contributed by atoms with Gasteiger partial charge < -0.3 is 14.7 Å². The summed E-state index contributed by atoms with van der Waals surface area (Å²) in [5.74, 6) is 0.669. The molecule has 0 bridgehead atoms. The summed E-state index contributed by atoms with van der Waals surface area (Å²) >= 11 is 0. The summed E-state index contributed by atoms with van der Waals surface area (Å²) in [6, 6.07) is 0. The van der Waals surface area contributed by atoms with Crippen LogP contribution in [0.15, 0.2) is 12.4 Å². The van der Waals surface area contributed by atoms with Crippen LogP contribution in [0, 0.1) is 0 Å². The maximum Gasteiger partial charge on any atom is 0.273 e. The van der Waals surface area contributed by atoms with Gasteiger partial charge >= 0.3 is 0 Å². The van der Waals surface area contributed by atoms with E-state index in [9.17, 15) is 9.59 Å². The van der Waals surface area contributed by atoms with Crippen molar-refractivity contribution in [2.75, 3.05) is 65.8 Å². The Balaban J connectivity index is 2.02. The fourth-order valence-corrected chi connectivity index (χ4v) is 2.53. The van der Waals surface area contributed by atoms with Gasteiger partial charge in [0.25, 0.3) is 5.91 Å². The first-order valence-corrected chi connectivity index (χ1v) is 8.09. The molecule has 0 unspecified atom stereocenters. The fraction of sp³-hybridized carbons (Fsp3) is 0.625. The van der Waals surface area contributed by atoms with E-state index in [1.165, 1.54) is 11.1 Å². The predicted octanol–water partition coefficient (Wildman–Crippen LogP) is -0.221. The van der Waals surface area contributed by atoms with E-state index in [4.69, 9.17) is 0 Å². The standard InChI is InChI=1S/C16H26N6O2/c1-19(2)15(23)12-21-6-5-7-22(9-8-21)14-11-17-10-13(18-14)16(24)20(3)4/h10-11H,5-9,12H2,1-4H3. The number of anilines is 1. The van der Waals surface area contributed by atoms with Crippen LogP contribution >= 0.6 is 0 Å². The molecule has 2 amide bonds. The number of carbonyl (C=O) groups excluding carboxylic acids is 2. The quantitative estimate of drug-likeness (QED) is 0.758. The first-order chi connectivity index (χ1) is 11.4. The van der Waals surface area contributed by atoms with E-state index < -0.39 is 0 Å². The summed E-state index contributed by atoms with van der Waals surface area (Å²) in [4.78, 5) is 39.9. The zero-order valence-electron chi connectivity index (χ0n) is 14.9. The second-order valence-corrected chi connectivity index (χ2v) is 6.37. The summed E-state index contributed by atoms with van der Waals surface area (Å²) < 4.78 is 0. The molecule has 0 radical (unpaired) electrons. The molecule has 2 heterocycles. The third kappa shape index (κ3) is 4.64. The van der Waals surface area contributed by atoms with Crippen molar-refractivity contribution in [3.8, 4) is 0 Å². The summed E-state index contributed by atoms with van der Waals surface area (Å²) in [7, 11) is 6.94. The van der Waals surface area contributed by atoms with Gasteiger partial charge in [-0.15, -0.1) is 0 Å². The smallest absolute Gasteiger partial charge is 0.273 e. The molecule has 1 fully saturated rings. The monoisotopic (exact) mass is 334 g/mol. The lowest BCUT2D eigenvalue weighted by Gasteiger charge is -2.23. The molecule has 0 saturated carbocycles. The van der Waals surface area contributed by atoms with Crippen molar-refractivity contribution in [2.24, 2.45) is 0 Å². The van der Waals surface area contributed by atoms with Crippen molar-refractivity contribution in [1.82, 2.24) is 24.7 Å². The molecule has 1 aliphatic heterocycles. The third-order valence-electron chi connectivity index (χ3n) is 4.02. The zero-order chi connectivity index (χ0) is 17.7. The Morgan fingerprint density at radius 3 is 2.46 bits per heavy atom. The van der Waals surface area contributed by atoms with Gasteiger partial charge in [0.2, 0.25) is 5.91 Å². The molecule has 8 heteroatoms. The van der Waals surface area contributed by atoms with Crippen LogP contribution in [-0.2, 0) is 4.79 Å². The van der Waals surface area contributed by atoms with E-state index in [2.05, 4.69) is 19.8 Å². The van der Waals surface area contributed by atoms with Crippen molar-refractivity contribution in [2.45, 2.75) is 6.42 Å². The van der Waals surface area contributed by atoms with Crippen molar-refractivity contribution in [1.29, 1.82) is 0 Å². The van der Waals surface area contributed by atoms with E-state index in [0.29, 0.717) is 18.1 Å². The number of hydrogen-bond acceptors (Lipinski definition) is 6. The molecule has 0 atom stereocenters. The van der Waals surface area contributed by atoms with Crippen LogP contribution in [0.25, 0.3) is 0 Å². The van der Waals surface area contributed by atoms with Gasteiger partial charge in [0, 0.05) is 54.4 Å². The lowest BCUT2D eigenvalue weighted by molar-refractivity contribution is -0.129. The Labute approximate surface area is 143 Å². The highest BCUT2D eigenvalue weighted by atomic mass is 16.2. The molecule has 0 spiro atoms. The van der Waals surface area contributed by atoms with Gasteiger partial charge in [-0.1, -0.05) is 0 Å². The van der Waals surface area contributed by atoms with Crippen LogP contribution < -0.4 is 4.90 Å². The number of hydrogen-bond donors (Lipinski definition) is 0. The van der Waals surface area contributed by atoms with Crippen molar-refractivity contribution >= 4 is 17.6 Å². The van der Waals surface area contributed by atoms with Crippen LogP contribution in [0.4, 0.5) is 5.82 Å². The minimum Gasteiger partial charge on any atom is -0.354 e. The van der Waals surface area contributed by atoms with E-state index in [0.717, 1.165) is 32.6 Å². The van der Waals surface area contributed by atoms with Crippen LogP contribution in [0.1, 0.15) is 16.9 Å². The lowest BCUT2D eigenvalue weighted by atomic mass is 10.3. The van der Waals surface area contributed by atoms with E-state index in [1.54, 1.807) is 39.3 Å². The predicted molar refractivity (Wildman–Crippen MR) is 92.0 cm³/mol. The highest BCUT2D eigenvalue weighted by Gasteiger charge is 2.20. The van der Waals surface area contributed by atoms with Gasteiger partial charge in [-0.2, -0.15) is 0 Å². The Hall–Kier alpha value is -2.22. The van der Waals surface area contributed by atoms with E-state index >= 15 is 0 Å². The number of rotatable bonds is 4. The first-order valence-electron chi connectivity index (χ1n) is 8.09. The molecule has 0 aromatic carbocycles. The van der Waals surface area contributed by atoms with Crippen LogP contribution in [0.2, 0.25) is 0 Å². The molecule has 24 heavy (non-hydrogen) atoms. The van der Waals surface area contributed by atoms with Crippen molar-refractivity contribution < 1.29 is 9.59 Å². The Bertz CT molecular complexity index is 590. The molecule has 1 aliphatic rings. The molecular formula is C16H26N6O2. The van der Waals surface area contributed by atoms with Crippen LogP contribution in [0.3, 0.4) is 0 Å². The molecule has 1 aromatic heterocycles. The molecule has 0 N–H and O–H groups in total. The Morgan fingerprint density at radius 1 is 1.04 bits per heavy atom. The fourth-order valence-electron chi connectivity index (χ4n) is 2.53. The normalized spacial score (nSPS) is 15.8.